The molecule has 0 amide bonds. The minimum atomic E-state index is -6.09. The molecule has 0 bridgehead atoms. The van der Waals surface area contributed by atoms with E-state index in [9.17, 15) is 62.9 Å². The molecule has 2 rings (SSSR count). The fourth-order valence-electron chi connectivity index (χ4n) is 2.43. The third kappa shape index (κ3) is 30.9. The summed E-state index contributed by atoms with van der Waals surface area (Å²) in [6, 6.07) is 12.7. The Balaban J connectivity index is -0.000000148. The molecule has 0 aliphatic heterocycles. The van der Waals surface area contributed by atoms with E-state index >= 15 is 0 Å². The Morgan fingerprint density at radius 1 is 0.367 bits per heavy atom. The first kappa shape index (κ1) is 69.6. The van der Waals surface area contributed by atoms with Crippen LogP contribution in [0.1, 0.15) is 79.0 Å². The molecule has 0 aliphatic carbocycles. The monoisotopic (exact) mass is 1000 g/mol. The summed E-state index contributed by atoms with van der Waals surface area (Å²) in [7, 11) is -24.4. The van der Waals surface area contributed by atoms with Gasteiger partial charge in [0, 0.05) is 0 Å². The summed E-state index contributed by atoms with van der Waals surface area (Å²) in [5.74, 6) is 0.213. The second-order valence-corrected chi connectivity index (χ2v) is 19.1. The summed E-state index contributed by atoms with van der Waals surface area (Å²) in [6.45, 7) is 19.1. The first-order chi connectivity index (χ1) is 24.6. The Morgan fingerprint density at radius 2 is 0.550 bits per heavy atom. The quantitative estimate of drug-likeness (QED) is 0.148. The molecule has 0 aliphatic rings. The largest absolute Gasteiger partial charge is 3.00 e. The van der Waals surface area contributed by atoms with Crippen LogP contribution in [0.2, 0.25) is 0 Å². The van der Waals surface area contributed by atoms with Crippen LogP contribution in [0.3, 0.4) is 0 Å². The molecule has 2 aromatic carbocycles. The normalized spacial score (nSPS) is 12.8. The Morgan fingerprint density at radius 3 is 0.683 bits per heavy atom. The molecule has 0 radical (unpaired) electrons. The molecule has 0 atom stereocenters. The van der Waals surface area contributed by atoms with E-state index in [4.69, 9.17) is 51.9 Å². The Bertz CT molecular complexity index is 1850. The van der Waals surface area contributed by atoms with Gasteiger partial charge in [-0.05, 0) is 32.9 Å². The van der Waals surface area contributed by atoms with Gasteiger partial charge in [-0.2, -0.15) is 52.7 Å². The molecule has 14 nitrogen and oxygen atoms in total. The summed E-state index contributed by atoms with van der Waals surface area (Å²) in [6.07, 6.45) is 0. The van der Waals surface area contributed by atoms with Gasteiger partial charge in [0.15, 0.2) is 40.5 Å². The van der Waals surface area contributed by atoms with Crippen LogP contribution >= 0.6 is 0 Å². The van der Waals surface area contributed by atoms with Gasteiger partial charge in [-0.3, -0.25) is 0 Å². The molecular formula is C28H34Al2F12O14S4. The van der Waals surface area contributed by atoms with Crippen molar-refractivity contribution in [1.29, 1.82) is 0 Å². The minimum Gasteiger partial charge on any atom is -0.872 e. The van der Waals surface area contributed by atoms with Crippen molar-refractivity contribution in [3.05, 3.63) is 59.2 Å². The van der Waals surface area contributed by atoms with Crippen molar-refractivity contribution < 1.29 is 115 Å². The zero-order valence-corrected chi connectivity index (χ0v) is 37.7. The molecule has 0 N–H and O–H groups in total. The average Bonchev–Trinajstić information content (AvgIpc) is 2.89. The van der Waals surface area contributed by atoms with Gasteiger partial charge in [0.25, 0.3) is 0 Å². The van der Waals surface area contributed by atoms with Crippen LogP contribution in [0.15, 0.2) is 42.5 Å². The number of hydrogen-bond acceptors (Lipinski definition) is 14. The van der Waals surface area contributed by atoms with Crippen molar-refractivity contribution in [2.24, 2.45) is 0 Å². The molecule has 0 unspecified atom stereocenters. The van der Waals surface area contributed by atoms with Crippen molar-refractivity contribution >= 4 is 75.2 Å². The summed E-state index contributed by atoms with van der Waals surface area (Å²) in [5, 5.41) is 22.5. The Kier molecular flexibility index (Phi) is 28.0. The molecule has 0 fully saturated rings. The van der Waals surface area contributed by atoms with Gasteiger partial charge >= 0.3 is 56.8 Å². The van der Waals surface area contributed by atoms with Crippen molar-refractivity contribution in [2.45, 2.75) is 101 Å². The first-order valence-corrected chi connectivity index (χ1v) is 19.9. The molecule has 0 heterocycles. The van der Waals surface area contributed by atoms with E-state index in [2.05, 4.69) is 68.4 Å². The van der Waals surface area contributed by atoms with E-state index in [0.717, 1.165) is 16.7 Å². The van der Waals surface area contributed by atoms with Crippen LogP contribution in [0.25, 0.3) is 0 Å². The van der Waals surface area contributed by atoms with E-state index in [1.807, 2.05) is 12.1 Å². The summed E-state index contributed by atoms with van der Waals surface area (Å²) in [4.78, 5) is 0. The molecule has 344 valence electrons. The maximum atomic E-state index is 11.6. The van der Waals surface area contributed by atoms with Gasteiger partial charge < -0.3 is 28.4 Å². The first-order valence-electron chi connectivity index (χ1n) is 14.3. The predicted molar refractivity (Wildman–Crippen MR) is 182 cm³/mol. The van der Waals surface area contributed by atoms with Crippen molar-refractivity contribution in [3.63, 3.8) is 0 Å². The fourth-order valence-corrected chi connectivity index (χ4v) is 2.43. The van der Waals surface area contributed by atoms with Crippen LogP contribution in [0, 0.1) is 0 Å². The van der Waals surface area contributed by atoms with E-state index in [-0.39, 0.29) is 62.5 Å². The second-order valence-electron chi connectivity index (χ2n) is 13.6. The fraction of sp³-hybridized carbons (Fsp3) is 0.571. The zero-order chi connectivity index (χ0) is 48.3. The van der Waals surface area contributed by atoms with Crippen LogP contribution in [-0.4, -0.2) is 109 Å². The molecule has 2 aromatic rings. The van der Waals surface area contributed by atoms with Gasteiger partial charge in [0.05, 0.1) is 0 Å². The van der Waals surface area contributed by atoms with E-state index in [1.54, 1.807) is 24.3 Å². The standard InChI is InChI=1S/C14H22O.C10H14O.4CHF3O3S.2Al/c1-13(2,3)10-7-11(14(4,5)6)9-12(15)8-10;1-10(2,3)8-5-4-6-9(11)7-8;4*2-1(3,4)8(5,6)7;;/h7-9,15H,1-6H3;4-7,11H,1-3H3;4*(H,5,6,7);;/q;;;;;;2*+3/p-6. The zero-order valence-electron chi connectivity index (χ0n) is 32.1. The van der Waals surface area contributed by atoms with Crippen LogP contribution in [0.4, 0.5) is 52.7 Å². The maximum absolute atomic E-state index is 11.6. The number of halogens is 12. The van der Waals surface area contributed by atoms with Crippen LogP contribution in [-0.2, 0) is 56.7 Å². The van der Waals surface area contributed by atoms with Crippen molar-refractivity contribution in [3.8, 4) is 11.5 Å². The summed E-state index contributed by atoms with van der Waals surface area (Å²) < 4.78 is 236. The number of hydrogen-bond donors (Lipinski definition) is 0. The minimum absolute atomic E-state index is 0. The topological polar surface area (TPSA) is 275 Å². The molecular weight excluding hydrogens is 971 g/mol. The summed E-state index contributed by atoms with van der Waals surface area (Å²) in [5.41, 5.74) is -19.1. The summed E-state index contributed by atoms with van der Waals surface area (Å²) >= 11 is 0. The van der Waals surface area contributed by atoms with Gasteiger partial charge in [-0.1, -0.05) is 105 Å². The number of rotatable bonds is 0. The molecule has 0 saturated carbocycles. The Labute approximate surface area is 359 Å². The molecule has 32 heteroatoms. The maximum Gasteiger partial charge on any atom is 3.00 e. The van der Waals surface area contributed by atoms with Gasteiger partial charge in [0.1, 0.15) is 0 Å². The van der Waals surface area contributed by atoms with E-state index in [1.165, 1.54) is 0 Å². The smallest absolute Gasteiger partial charge is 0.872 e. The SMILES string of the molecule is CC(C)(C)c1cc([O-])cc(C(C)(C)C)c1.CC(C)(C)c1cccc([O-])c1.O=S(=O)([O-])C(F)(F)F.O=S(=O)([O-])C(F)(F)F.O=S(=O)([O-])C(F)(F)F.O=S(=O)([O-])C(F)(F)F.[Al+3].[Al+3]. The van der Waals surface area contributed by atoms with E-state index < -0.39 is 62.5 Å². The predicted octanol–water partition coefficient (Wildman–Crippen LogP) is 4.86. The Hall–Kier alpha value is -2.10. The molecule has 0 saturated heterocycles. The average molecular weight is 1000 g/mol. The number of alkyl halides is 12. The molecule has 0 aromatic heterocycles. The van der Waals surface area contributed by atoms with Gasteiger partial charge in [-0.25, -0.2) is 33.7 Å². The molecule has 0 spiro atoms. The third-order valence-corrected chi connectivity index (χ3v) is 7.74. The second kappa shape index (κ2) is 24.1. The van der Waals surface area contributed by atoms with Crippen molar-refractivity contribution in [1.82, 2.24) is 0 Å². The van der Waals surface area contributed by atoms with Gasteiger partial charge in [-0.15, -0.1) is 11.5 Å². The number of benzene rings is 2. The third-order valence-electron chi connectivity index (χ3n) is 5.47. The van der Waals surface area contributed by atoms with Crippen LogP contribution in [0.5, 0.6) is 11.5 Å². The molecule has 60 heavy (non-hydrogen) atoms. The van der Waals surface area contributed by atoms with Gasteiger partial charge in [0.2, 0.25) is 0 Å². The van der Waals surface area contributed by atoms with Crippen LogP contribution < -0.4 is 10.2 Å². The van der Waals surface area contributed by atoms with Crippen molar-refractivity contribution in [2.75, 3.05) is 0 Å². The van der Waals surface area contributed by atoms with E-state index in [0.29, 0.717) is 0 Å².